The van der Waals surface area contributed by atoms with Crippen molar-refractivity contribution in [2.24, 2.45) is 0 Å². The maximum atomic E-state index is 13.4. The molecule has 23 heavy (non-hydrogen) atoms. The number of benzene rings is 1. The summed E-state index contributed by atoms with van der Waals surface area (Å²) < 4.78 is 18.4. The van der Waals surface area contributed by atoms with Crippen molar-refractivity contribution in [2.45, 2.75) is 19.9 Å². The first kappa shape index (κ1) is 16.5. The number of hydrogen-bond donors (Lipinski definition) is 3. The monoisotopic (exact) mass is 321 g/mol. The summed E-state index contributed by atoms with van der Waals surface area (Å²) in [6, 6.07) is 2.12. The molecule has 122 valence electrons. The van der Waals surface area contributed by atoms with Gasteiger partial charge in [0.2, 0.25) is 0 Å². The lowest BCUT2D eigenvalue weighted by Gasteiger charge is -2.16. The van der Waals surface area contributed by atoms with Gasteiger partial charge in [0.05, 0.1) is 18.4 Å². The Kier molecular flexibility index (Phi) is 4.63. The van der Waals surface area contributed by atoms with Crippen LogP contribution in [0.15, 0.2) is 18.2 Å². The van der Waals surface area contributed by atoms with E-state index in [1.807, 2.05) is 0 Å². The lowest BCUT2D eigenvalue weighted by molar-refractivity contribution is -0.139. The number of aromatic amines is 1. The summed E-state index contributed by atoms with van der Waals surface area (Å²) in [5, 5.41) is 18.4. The minimum atomic E-state index is -1.31. The van der Waals surface area contributed by atoms with Crippen molar-refractivity contribution in [3.05, 3.63) is 46.5 Å². The normalized spacial score (nSPS) is 11.8. The number of rotatable bonds is 5. The average molecular weight is 321 g/mol. The number of aromatic nitrogens is 2. The van der Waals surface area contributed by atoms with Crippen LogP contribution in [0.3, 0.4) is 0 Å². The van der Waals surface area contributed by atoms with Gasteiger partial charge in [0.15, 0.2) is 6.04 Å². The molecule has 8 heteroatoms. The second kappa shape index (κ2) is 6.47. The highest BCUT2D eigenvalue weighted by molar-refractivity contribution is 5.99. The fourth-order valence-electron chi connectivity index (χ4n) is 2.31. The van der Waals surface area contributed by atoms with Gasteiger partial charge < -0.3 is 15.2 Å². The molecule has 0 spiro atoms. The summed E-state index contributed by atoms with van der Waals surface area (Å²) in [5.41, 5.74) is 1.27. The number of carboxylic acid groups (broad SMARTS) is 1. The van der Waals surface area contributed by atoms with E-state index in [9.17, 15) is 19.1 Å². The van der Waals surface area contributed by atoms with Crippen molar-refractivity contribution in [3.63, 3.8) is 0 Å². The highest BCUT2D eigenvalue weighted by atomic mass is 19.1. The number of nitrogens with zero attached hydrogens (tertiary/aromatic N) is 1. The van der Waals surface area contributed by atoms with E-state index in [1.54, 1.807) is 13.8 Å². The van der Waals surface area contributed by atoms with E-state index >= 15 is 0 Å². The number of halogens is 1. The number of carboxylic acids is 1. The van der Waals surface area contributed by atoms with Crippen molar-refractivity contribution in [1.29, 1.82) is 0 Å². The van der Waals surface area contributed by atoms with Gasteiger partial charge in [0, 0.05) is 11.3 Å². The van der Waals surface area contributed by atoms with Gasteiger partial charge in [-0.15, -0.1) is 0 Å². The Hall–Kier alpha value is -2.90. The molecule has 1 aromatic carbocycles. The number of carbonyl (C=O) groups excluding carboxylic acids is 1. The molecule has 3 N–H and O–H groups in total. The molecule has 0 aliphatic heterocycles. The first-order valence-electron chi connectivity index (χ1n) is 6.73. The summed E-state index contributed by atoms with van der Waals surface area (Å²) in [5.74, 6) is -2.48. The minimum Gasteiger partial charge on any atom is -0.496 e. The molecule has 0 aliphatic carbocycles. The fraction of sp³-hybridized carbons (Fsp3) is 0.267. The van der Waals surface area contributed by atoms with Crippen LogP contribution in [-0.4, -0.2) is 34.3 Å². The summed E-state index contributed by atoms with van der Waals surface area (Å²) in [7, 11) is 1.34. The molecule has 1 amide bonds. The van der Waals surface area contributed by atoms with Gasteiger partial charge in [-0.3, -0.25) is 9.89 Å². The van der Waals surface area contributed by atoms with E-state index < -0.39 is 23.7 Å². The lowest BCUT2D eigenvalue weighted by atomic mass is 10.0. The number of carbonyl (C=O) groups is 2. The Morgan fingerprint density at radius 1 is 1.39 bits per heavy atom. The molecule has 0 radical (unpaired) electrons. The Balaban J connectivity index is 2.37. The van der Waals surface area contributed by atoms with Crippen molar-refractivity contribution in [1.82, 2.24) is 15.5 Å². The molecule has 0 bridgehead atoms. The molecule has 1 heterocycles. The van der Waals surface area contributed by atoms with Crippen LogP contribution in [0, 0.1) is 19.7 Å². The number of H-pyrrole nitrogens is 1. The van der Waals surface area contributed by atoms with Crippen molar-refractivity contribution < 1.29 is 23.8 Å². The van der Waals surface area contributed by atoms with E-state index in [0.717, 1.165) is 12.1 Å². The fourth-order valence-corrected chi connectivity index (χ4v) is 2.31. The Morgan fingerprint density at radius 2 is 2.09 bits per heavy atom. The highest BCUT2D eigenvalue weighted by Gasteiger charge is 2.28. The molecule has 2 rings (SSSR count). The maximum Gasteiger partial charge on any atom is 0.331 e. The van der Waals surface area contributed by atoms with Crippen LogP contribution in [0.5, 0.6) is 5.75 Å². The number of hydrogen-bond acceptors (Lipinski definition) is 4. The zero-order valence-electron chi connectivity index (χ0n) is 12.8. The molecule has 1 unspecified atom stereocenters. The number of aliphatic carboxylic acids is 1. The van der Waals surface area contributed by atoms with Crippen LogP contribution >= 0.6 is 0 Å². The third kappa shape index (κ3) is 3.31. The van der Waals surface area contributed by atoms with Gasteiger partial charge in [-0.05, 0) is 32.0 Å². The summed E-state index contributed by atoms with van der Waals surface area (Å²) in [4.78, 5) is 23.9. The zero-order chi connectivity index (χ0) is 17.1. The number of nitrogens with one attached hydrogen (secondary N) is 2. The van der Waals surface area contributed by atoms with Crippen molar-refractivity contribution in [3.8, 4) is 5.75 Å². The quantitative estimate of drug-likeness (QED) is 0.778. The molecule has 0 fully saturated rings. The lowest BCUT2D eigenvalue weighted by Crippen LogP contribution is -2.34. The van der Waals surface area contributed by atoms with Gasteiger partial charge in [-0.1, -0.05) is 0 Å². The standard InChI is InChI=1S/C15H16FN3O4/c1-7-12(8(2)19-18-7)13(15(21)22)17-14(20)10-6-9(16)4-5-11(10)23-3/h4-6,13H,1-3H3,(H,17,20)(H,18,19)(H,21,22). The molecular formula is C15H16FN3O4. The Bertz CT molecular complexity index is 738. The predicted molar refractivity (Wildman–Crippen MR) is 78.9 cm³/mol. The van der Waals surface area contributed by atoms with E-state index in [1.165, 1.54) is 13.2 Å². The van der Waals surface area contributed by atoms with Gasteiger partial charge in [0.1, 0.15) is 11.6 Å². The maximum absolute atomic E-state index is 13.4. The van der Waals surface area contributed by atoms with E-state index in [4.69, 9.17) is 4.74 Å². The van der Waals surface area contributed by atoms with Crippen molar-refractivity contribution in [2.75, 3.05) is 7.11 Å². The van der Waals surface area contributed by atoms with E-state index in [0.29, 0.717) is 17.0 Å². The summed E-state index contributed by atoms with van der Waals surface area (Å²) in [6.45, 7) is 3.28. The number of aryl methyl sites for hydroxylation is 2. The van der Waals surface area contributed by atoms with Crippen LogP contribution in [0.1, 0.15) is 33.4 Å². The smallest absolute Gasteiger partial charge is 0.331 e. The molecule has 1 atom stereocenters. The predicted octanol–water partition coefficient (Wildman–Crippen LogP) is 1.73. The van der Waals surface area contributed by atoms with Gasteiger partial charge in [0.25, 0.3) is 5.91 Å². The van der Waals surface area contributed by atoms with Gasteiger partial charge in [-0.25, -0.2) is 9.18 Å². The van der Waals surface area contributed by atoms with Crippen LogP contribution < -0.4 is 10.1 Å². The molecule has 0 saturated carbocycles. The molecule has 1 aromatic heterocycles. The average Bonchev–Trinajstić information content (AvgIpc) is 2.83. The van der Waals surface area contributed by atoms with Gasteiger partial charge in [-0.2, -0.15) is 5.10 Å². The molecule has 2 aromatic rings. The molecule has 0 aliphatic rings. The Labute approximate surface area is 131 Å². The van der Waals surface area contributed by atoms with Gasteiger partial charge >= 0.3 is 5.97 Å². The van der Waals surface area contributed by atoms with Crippen LogP contribution in [0.25, 0.3) is 0 Å². The highest BCUT2D eigenvalue weighted by Crippen LogP contribution is 2.23. The van der Waals surface area contributed by atoms with Crippen LogP contribution in [-0.2, 0) is 4.79 Å². The minimum absolute atomic E-state index is 0.0856. The van der Waals surface area contributed by atoms with Crippen LogP contribution in [0.4, 0.5) is 4.39 Å². The van der Waals surface area contributed by atoms with Crippen molar-refractivity contribution >= 4 is 11.9 Å². The Morgan fingerprint density at radius 3 is 2.61 bits per heavy atom. The summed E-state index contributed by atoms with van der Waals surface area (Å²) >= 11 is 0. The molecular weight excluding hydrogens is 305 g/mol. The SMILES string of the molecule is COc1ccc(F)cc1C(=O)NC(C(=O)O)c1c(C)n[nH]c1C. The molecule has 0 saturated heterocycles. The second-order valence-corrected chi connectivity index (χ2v) is 4.94. The topological polar surface area (TPSA) is 104 Å². The first-order valence-corrected chi connectivity index (χ1v) is 6.73. The zero-order valence-corrected chi connectivity index (χ0v) is 12.8. The third-order valence-corrected chi connectivity index (χ3v) is 3.40. The number of methoxy groups -OCH3 is 1. The second-order valence-electron chi connectivity index (χ2n) is 4.94. The van der Waals surface area contributed by atoms with Crippen LogP contribution in [0.2, 0.25) is 0 Å². The van der Waals surface area contributed by atoms with E-state index in [-0.39, 0.29) is 11.3 Å². The number of ether oxygens (including phenoxy) is 1. The third-order valence-electron chi connectivity index (χ3n) is 3.40. The van der Waals surface area contributed by atoms with E-state index in [2.05, 4.69) is 15.5 Å². The largest absolute Gasteiger partial charge is 0.496 e. The summed E-state index contributed by atoms with van der Waals surface area (Å²) in [6.07, 6.45) is 0. The first-order chi connectivity index (χ1) is 10.8. The molecule has 7 nitrogen and oxygen atoms in total. The number of amides is 1.